The van der Waals surface area contributed by atoms with Crippen LogP contribution in [-0.2, 0) is 22.7 Å². The number of sulfone groups is 1. The van der Waals surface area contributed by atoms with E-state index in [1.807, 2.05) is 25.1 Å². The van der Waals surface area contributed by atoms with Crippen LogP contribution in [0.5, 0.6) is 0 Å². The minimum absolute atomic E-state index is 0.0415. The Balaban J connectivity index is 1.60. The second kappa shape index (κ2) is 7.91. The molecule has 0 unspecified atom stereocenters. The van der Waals surface area contributed by atoms with Gasteiger partial charge < -0.3 is 9.88 Å². The van der Waals surface area contributed by atoms with Crippen LogP contribution >= 0.6 is 0 Å². The van der Waals surface area contributed by atoms with Crippen LogP contribution in [0.3, 0.4) is 0 Å². The number of aryl methyl sites for hydroxylation is 2. The number of H-pyrrole nitrogens is 1. The molecule has 0 fully saturated rings. The minimum atomic E-state index is -3.23. The molecule has 1 heterocycles. The van der Waals surface area contributed by atoms with Gasteiger partial charge in [0.1, 0.15) is 0 Å². The normalized spacial score (nSPS) is 15.4. The van der Waals surface area contributed by atoms with Gasteiger partial charge in [-0.25, -0.2) is 8.42 Å². The molecule has 0 spiro atoms. The number of benzene rings is 2. The predicted molar refractivity (Wildman–Crippen MR) is 120 cm³/mol. The van der Waals surface area contributed by atoms with E-state index in [1.165, 1.54) is 36.8 Å². The van der Waals surface area contributed by atoms with E-state index in [2.05, 4.69) is 4.98 Å². The molecule has 0 aliphatic heterocycles. The molecule has 1 N–H and O–H groups in total. The maximum Gasteiger partial charge on any atom is 0.254 e. The van der Waals surface area contributed by atoms with E-state index in [0.29, 0.717) is 5.56 Å². The molecule has 0 bridgehead atoms. The zero-order chi connectivity index (χ0) is 21.5. The van der Waals surface area contributed by atoms with Crippen LogP contribution in [0.15, 0.2) is 47.4 Å². The summed E-state index contributed by atoms with van der Waals surface area (Å²) in [6.45, 7) is 1.95. The van der Waals surface area contributed by atoms with Crippen LogP contribution in [0.1, 0.15) is 59.4 Å². The number of carbonyl (C=O) groups excluding carboxylic acids is 1. The fourth-order valence-electron chi connectivity index (χ4n) is 4.31. The Morgan fingerprint density at radius 2 is 1.73 bits per heavy atom. The van der Waals surface area contributed by atoms with Gasteiger partial charge in [-0.15, -0.1) is 0 Å². The summed E-state index contributed by atoms with van der Waals surface area (Å²) in [6.07, 6.45) is 6.99. The third-order valence-electron chi connectivity index (χ3n) is 6.29. The quantitative estimate of drug-likeness (QED) is 0.619. The van der Waals surface area contributed by atoms with Crippen LogP contribution in [0.25, 0.3) is 10.9 Å². The highest BCUT2D eigenvalue weighted by Crippen LogP contribution is 2.30. The van der Waals surface area contributed by atoms with E-state index in [-0.39, 0.29) is 16.8 Å². The van der Waals surface area contributed by atoms with Crippen LogP contribution < -0.4 is 0 Å². The summed E-state index contributed by atoms with van der Waals surface area (Å²) in [5.74, 6) is -0.0415. The summed E-state index contributed by atoms with van der Waals surface area (Å²) >= 11 is 0. The SMILES string of the molecule is C[C@H](c1ccc(S(C)(=O)=O)cc1)N(C)C(=O)c1ccc2[nH]c3c(c2c1)CCCCC3. The fourth-order valence-corrected chi connectivity index (χ4v) is 4.94. The average molecular weight is 425 g/mol. The number of hydrogen-bond donors (Lipinski definition) is 1. The molecular formula is C24H28N2O3S. The second-order valence-corrected chi connectivity index (χ2v) is 10.4. The summed E-state index contributed by atoms with van der Waals surface area (Å²) in [6, 6.07) is 12.5. The Morgan fingerprint density at radius 1 is 1.03 bits per heavy atom. The van der Waals surface area contributed by atoms with Gasteiger partial charge in [-0.2, -0.15) is 0 Å². The van der Waals surface area contributed by atoms with Crippen LogP contribution in [0.2, 0.25) is 0 Å². The van der Waals surface area contributed by atoms with Gasteiger partial charge in [-0.05, 0) is 74.1 Å². The van der Waals surface area contributed by atoms with Crippen molar-refractivity contribution in [2.24, 2.45) is 0 Å². The van der Waals surface area contributed by atoms with Crippen molar-refractivity contribution in [2.75, 3.05) is 13.3 Å². The zero-order valence-electron chi connectivity index (χ0n) is 17.7. The number of carbonyl (C=O) groups is 1. The Bertz CT molecular complexity index is 1190. The van der Waals surface area contributed by atoms with E-state index < -0.39 is 9.84 Å². The van der Waals surface area contributed by atoms with Crippen molar-refractivity contribution in [3.05, 3.63) is 64.8 Å². The monoisotopic (exact) mass is 424 g/mol. The van der Waals surface area contributed by atoms with Crippen LogP contribution in [0, 0.1) is 0 Å². The van der Waals surface area contributed by atoms with E-state index in [1.54, 1.807) is 36.2 Å². The molecule has 6 heteroatoms. The van der Waals surface area contributed by atoms with Gasteiger partial charge >= 0.3 is 0 Å². The topological polar surface area (TPSA) is 70.2 Å². The lowest BCUT2D eigenvalue weighted by Gasteiger charge is -2.25. The van der Waals surface area contributed by atoms with Gasteiger partial charge in [-0.3, -0.25) is 4.79 Å². The third kappa shape index (κ3) is 3.88. The molecule has 158 valence electrons. The lowest BCUT2D eigenvalue weighted by Crippen LogP contribution is -2.29. The second-order valence-electron chi connectivity index (χ2n) is 8.34. The number of hydrogen-bond acceptors (Lipinski definition) is 3. The Morgan fingerprint density at radius 3 is 2.43 bits per heavy atom. The number of amides is 1. The van der Waals surface area contributed by atoms with Crippen molar-refractivity contribution >= 4 is 26.6 Å². The Hall–Kier alpha value is -2.60. The van der Waals surface area contributed by atoms with E-state index in [0.717, 1.165) is 29.3 Å². The summed E-state index contributed by atoms with van der Waals surface area (Å²) in [5.41, 5.74) is 5.36. The molecule has 30 heavy (non-hydrogen) atoms. The number of aromatic nitrogens is 1. The highest BCUT2D eigenvalue weighted by molar-refractivity contribution is 7.90. The molecule has 3 aromatic rings. The highest BCUT2D eigenvalue weighted by atomic mass is 32.2. The molecule has 1 atom stereocenters. The van der Waals surface area contributed by atoms with Crippen molar-refractivity contribution < 1.29 is 13.2 Å². The smallest absolute Gasteiger partial charge is 0.254 e. The number of rotatable bonds is 4. The molecule has 5 nitrogen and oxygen atoms in total. The Kier molecular flexibility index (Phi) is 5.45. The van der Waals surface area contributed by atoms with E-state index >= 15 is 0 Å². The van der Waals surface area contributed by atoms with Gasteiger partial charge in [-0.1, -0.05) is 18.6 Å². The molecule has 1 aromatic heterocycles. The fraction of sp³-hybridized carbons (Fsp3) is 0.375. The maximum absolute atomic E-state index is 13.2. The average Bonchev–Trinajstić information content (AvgIpc) is 2.91. The maximum atomic E-state index is 13.2. The van der Waals surface area contributed by atoms with E-state index in [4.69, 9.17) is 0 Å². The molecule has 4 rings (SSSR count). The Labute approximate surface area is 178 Å². The van der Waals surface area contributed by atoms with E-state index in [9.17, 15) is 13.2 Å². The molecule has 0 radical (unpaired) electrons. The summed E-state index contributed by atoms with van der Waals surface area (Å²) in [5, 5.41) is 1.16. The molecule has 1 amide bonds. The number of fused-ring (bicyclic) bond motifs is 3. The van der Waals surface area contributed by atoms with Gasteiger partial charge in [0.05, 0.1) is 10.9 Å². The van der Waals surface area contributed by atoms with Crippen molar-refractivity contribution in [3.8, 4) is 0 Å². The largest absolute Gasteiger partial charge is 0.358 e. The van der Waals surface area contributed by atoms with Crippen molar-refractivity contribution in [3.63, 3.8) is 0 Å². The summed E-state index contributed by atoms with van der Waals surface area (Å²) in [7, 11) is -1.44. The zero-order valence-corrected chi connectivity index (χ0v) is 18.6. The third-order valence-corrected chi connectivity index (χ3v) is 7.42. The first kappa shape index (κ1) is 20.7. The van der Waals surface area contributed by atoms with Gasteiger partial charge in [0.15, 0.2) is 9.84 Å². The highest BCUT2D eigenvalue weighted by Gasteiger charge is 2.21. The van der Waals surface area contributed by atoms with Crippen molar-refractivity contribution in [1.82, 2.24) is 9.88 Å². The molecule has 1 aliphatic rings. The minimum Gasteiger partial charge on any atom is -0.358 e. The molecule has 0 saturated carbocycles. The standard InChI is InChI=1S/C24H28N2O3S/c1-16(17-9-12-19(13-10-17)30(3,28)29)26(2)24(27)18-11-14-23-21(15-18)20-7-5-4-6-8-22(20)25-23/h9-16,25H,4-8H2,1-3H3/t16-/m1/s1. The van der Waals surface area contributed by atoms with Crippen molar-refractivity contribution in [1.29, 1.82) is 0 Å². The number of nitrogens with zero attached hydrogens (tertiary/aromatic N) is 1. The summed E-state index contributed by atoms with van der Waals surface area (Å²) < 4.78 is 23.4. The van der Waals surface area contributed by atoms with Gasteiger partial charge in [0.25, 0.3) is 5.91 Å². The first-order chi connectivity index (χ1) is 14.3. The first-order valence-electron chi connectivity index (χ1n) is 10.5. The van der Waals surface area contributed by atoms with Crippen LogP contribution in [0.4, 0.5) is 0 Å². The van der Waals surface area contributed by atoms with Gasteiger partial charge in [0.2, 0.25) is 0 Å². The van der Waals surface area contributed by atoms with Crippen molar-refractivity contribution in [2.45, 2.75) is 50.0 Å². The molecule has 2 aromatic carbocycles. The van der Waals surface area contributed by atoms with Crippen LogP contribution in [-0.4, -0.2) is 37.5 Å². The molecule has 0 saturated heterocycles. The summed E-state index contributed by atoms with van der Waals surface area (Å²) in [4.78, 5) is 18.7. The van der Waals surface area contributed by atoms with Gasteiger partial charge in [0, 0.05) is 35.5 Å². The lowest BCUT2D eigenvalue weighted by atomic mass is 10.0. The predicted octanol–water partition coefficient (Wildman–Crippen LogP) is 4.67. The number of nitrogens with one attached hydrogen (secondary N) is 1. The lowest BCUT2D eigenvalue weighted by molar-refractivity contribution is 0.0742. The molecular weight excluding hydrogens is 396 g/mol. The first-order valence-corrected chi connectivity index (χ1v) is 12.4. The molecule has 1 aliphatic carbocycles. The number of aromatic amines is 1.